The molecular weight excluding hydrogens is 298 g/mol. The number of thiophene rings is 1. The van der Waals surface area contributed by atoms with Crippen molar-refractivity contribution in [3.05, 3.63) is 52.2 Å². The lowest BCUT2D eigenvalue weighted by Crippen LogP contribution is -2.29. The predicted octanol–water partition coefficient (Wildman–Crippen LogP) is 2.78. The molecule has 22 heavy (non-hydrogen) atoms. The first-order valence-electron chi connectivity index (χ1n) is 7.41. The van der Waals surface area contributed by atoms with E-state index in [-0.39, 0.29) is 18.4 Å². The number of carbonyl (C=O) groups excluding carboxylic acids is 1. The van der Waals surface area contributed by atoms with E-state index in [1.807, 2.05) is 35.7 Å². The summed E-state index contributed by atoms with van der Waals surface area (Å²) in [6, 6.07) is 11.3. The number of ether oxygens (including phenoxy) is 1. The summed E-state index contributed by atoms with van der Waals surface area (Å²) in [5.41, 5.74) is 0.641. The molecule has 1 N–H and O–H groups in total. The first-order chi connectivity index (χ1) is 10.8. The van der Waals surface area contributed by atoms with Crippen molar-refractivity contribution in [2.45, 2.75) is 13.0 Å². The molecule has 4 nitrogen and oxygen atoms in total. The number of likely N-dealkylation sites (tertiary alicyclic amines) is 1. The van der Waals surface area contributed by atoms with Gasteiger partial charge in [0.05, 0.1) is 0 Å². The van der Waals surface area contributed by atoms with Crippen molar-refractivity contribution in [3.8, 4) is 5.75 Å². The van der Waals surface area contributed by atoms with Gasteiger partial charge in [-0.25, -0.2) is 0 Å². The third-order valence-electron chi connectivity index (χ3n) is 3.87. The Labute approximate surface area is 134 Å². The van der Waals surface area contributed by atoms with E-state index >= 15 is 0 Å². The Morgan fingerprint density at radius 1 is 1.36 bits per heavy atom. The zero-order chi connectivity index (χ0) is 15.4. The van der Waals surface area contributed by atoms with E-state index in [0.717, 1.165) is 11.3 Å². The maximum Gasteiger partial charge on any atom is 0.253 e. The Balaban J connectivity index is 1.64. The lowest BCUT2D eigenvalue weighted by molar-refractivity contribution is 0.0781. The summed E-state index contributed by atoms with van der Waals surface area (Å²) in [7, 11) is 0. The molecule has 1 aliphatic rings. The van der Waals surface area contributed by atoms with Crippen molar-refractivity contribution < 1.29 is 14.6 Å². The molecule has 0 saturated carbocycles. The number of aliphatic hydroxyl groups excluding tert-OH is 1. The zero-order valence-electron chi connectivity index (χ0n) is 12.3. The van der Waals surface area contributed by atoms with Crippen LogP contribution < -0.4 is 4.74 Å². The number of hydrogen-bond acceptors (Lipinski definition) is 4. The van der Waals surface area contributed by atoms with E-state index in [4.69, 9.17) is 4.74 Å². The predicted molar refractivity (Wildman–Crippen MR) is 86.2 cm³/mol. The number of hydrogen-bond donors (Lipinski definition) is 1. The van der Waals surface area contributed by atoms with Crippen LogP contribution in [0, 0.1) is 5.92 Å². The highest BCUT2D eigenvalue weighted by atomic mass is 32.1. The minimum atomic E-state index is 0.0116. The number of aliphatic hydroxyl groups is 1. The van der Waals surface area contributed by atoms with Crippen LogP contribution >= 0.6 is 11.3 Å². The highest BCUT2D eigenvalue weighted by Crippen LogP contribution is 2.21. The molecule has 0 bridgehead atoms. The summed E-state index contributed by atoms with van der Waals surface area (Å²) < 4.78 is 5.75. The van der Waals surface area contributed by atoms with E-state index in [1.165, 1.54) is 0 Å². The van der Waals surface area contributed by atoms with Crippen molar-refractivity contribution in [1.82, 2.24) is 4.90 Å². The van der Waals surface area contributed by atoms with Crippen molar-refractivity contribution in [2.24, 2.45) is 5.92 Å². The Hall–Kier alpha value is -1.85. The highest BCUT2D eigenvalue weighted by Gasteiger charge is 2.26. The molecular formula is C17H19NO3S. The average molecular weight is 317 g/mol. The lowest BCUT2D eigenvalue weighted by Gasteiger charge is -2.16. The van der Waals surface area contributed by atoms with E-state index in [9.17, 15) is 9.90 Å². The van der Waals surface area contributed by atoms with Gasteiger partial charge in [-0.3, -0.25) is 4.79 Å². The van der Waals surface area contributed by atoms with Crippen LogP contribution in [-0.2, 0) is 6.61 Å². The number of benzene rings is 1. The molecule has 2 aromatic rings. The van der Waals surface area contributed by atoms with Gasteiger partial charge in [0, 0.05) is 36.1 Å². The first-order valence-corrected chi connectivity index (χ1v) is 8.29. The standard InChI is InChI=1S/C17H19NO3S/c19-11-13-6-7-18(10-13)17(20)14-3-1-4-15(9-14)21-12-16-5-2-8-22-16/h1-5,8-9,13,19H,6-7,10-12H2. The Bertz CT molecular complexity index is 627. The molecule has 1 unspecified atom stereocenters. The van der Waals surface area contributed by atoms with Gasteiger partial charge in [0.2, 0.25) is 0 Å². The molecule has 5 heteroatoms. The van der Waals surface area contributed by atoms with Crippen LogP contribution in [0.25, 0.3) is 0 Å². The molecule has 1 amide bonds. The van der Waals surface area contributed by atoms with Gasteiger partial charge in [0.1, 0.15) is 12.4 Å². The minimum absolute atomic E-state index is 0.0116. The molecule has 1 saturated heterocycles. The minimum Gasteiger partial charge on any atom is -0.488 e. The Morgan fingerprint density at radius 3 is 3.00 bits per heavy atom. The third-order valence-corrected chi connectivity index (χ3v) is 4.72. The second-order valence-electron chi connectivity index (χ2n) is 5.48. The van der Waals surface area contributed by atoms with E-state index < -0.39 is 0 Å². The van der Waals surface area contributed by atoms with Crippen LogP contribution in [0.2, 0.25) is 0 Å². The SMILES string of the molecule is O=C(c1cccc(OCc2cccs2)c1)N1CCC(CO)C1. The fraction of sp³-hybridized carbons (Fsp3) is 0.353. The molecule has 0 radical (unpaired) electrons. The monoisotopic (exact) mass is 317 g/mol. The van der Waals surface area contributed by atoms with Gasteiger partial charge in [-0.05, 0) is 36.1 Å². The van der Waals surface area contributed by atoms with Gasteiger partial charge >= 0.3 is 0 Å². The molecule has 2 heterocycles. The quantitative estimate of drug-likeness (QED) is 0.922. The molecule has 0 aliphatic carbocycles. The van der Waals surface area contributed by atoms with Crippen molar-refractivity contribution in [3.63, 3.8) is 0 Å². The summed E-state index contributed by atoms with van der Waals surface area (Å²) in [4.78, 5) is 15.4. The Morgan fingerprint density at radius 2 is 2.27 bits per heavy atom. The maximum atomic E-state index is 12.5. The van der Waals surface area contributed by atoms with E-state index in [2.05, 4.69) is 0 Å². The number of carbonyl (C=O) groups is 1. The van der Waals surface area contributed by atoms with Crippen LogP contribution in [-0.4, -0.2) is 35.6 Å². The number of nitrogens with zero attached hydrogens (tertiary/aromatic N) is 1. The summed E-state index contributed by atoms with van der Waals surface area (Å²) in [6.45, 7) is 2.01. The second kappa shape index (κ2) is 6.94. The van der Waals surface area contributed by atoms with Crippen LogP contribution in [0.5, 0.6) is 5.75 Å². The molecule has 1 fully saturated rings. The second-order valence-corrected chi connectivity index (χ2v) is 6.52. The van der Waals surface area contributed by atoms with Crippen LogP contribution in [0.15, 0.2) is 41.8 Å². The molecule has 116 valence electrons. The molecule has 0 spiro atoms. The van der Waals surface area contributed by atoms with E-state index in [0.29, 0.717) is 31.0 Å². The summed E-state index contributed by atoms with van der Waals surface area (Å²) >= 11 is 1.65. The van der Waals surface area contributed by atoms with Crippen molar-refractivity contribution in [2.75, 3.05) is 19.7 Å². The average Bonchev–Trinajstić information content (AvgIpc) is 3.24. The molecule has 1 aromatic heterocycles. The van der Waals surface area contributed by atoms with Crippen LogP contribution in [0.4, 0.5) is 0 Å². The van der Waals surface area contributed by atoms with Crippen LogP contribution in [0.3, 0.4) is 0 Å². The van der Waals surface area contributed by atoms with Gasteiger partial charge in [0.15, 0.2) is 0 Å². The zero-order valence-corrected chi connectivity index (χ0v) is 13.1. The molecule has 1 aliphatic heterocycles. The fourth-order valence-electron chi connectivity index (χ4n) is 2.62. The molecule has 1 atom stereocenters. The van der Waals surface area contributed by atoms with Crippen LogP contribution in [0.1, 0.15) is 21.7 Å². The topological polar surface area (TPSA) is 49.8 Å². The van der Waals surface area contributed by atoms with Crippen molar-refractivity contribution >= 4 is 17.2 Å². The molecule has 1 aromatic carbocycles. The van der Waals surface area contributed by atoms with Gasteiger partial charge in [0.25, 0.3) is 5.91 Å². The molecule has 3 rings (SSSR count). The summed E-state index contributed by atoms with van der Waals surface area (Å²) in [6.07, 6.45) is 0.872. The third kappa shape index (κ3) is 3.48. The lowest BCUT2D eigenvalue weighted by atomic mass is 10.1. The normalized spacial score (nSPS) is 17.7. The maximum absolute atomic E-state index is 12.5. The largest absolute Gasteiger partial charge is 0.488 e. The van der Waals surface area contributed by atoms with Gasteiger partial charge in [-0.2, -0.15) is 0 Å². The number of amides is 1. The smallest absolute Gasteiger partial charge is 0.253 e. The van der Waals surface area contributed by atoms with E-state index in [1.54, 1.807) is 22.3 Å². The highest BCUT2D eigenvalue weighted by molar-refractivity contribution is 7.09. The van der Waals surface area contributed by atoms with Gasteiger partial charge in [-0.15, -0.1) is 11.3 Å². The van der Waals surface area contributed by atoms with Gasteiger partial charge < -0.3 is 14.7 Å². The Kier molecular flexibility index (Phi) is 4.75. The fourth-order valence-corrected chi connectivity index (χ4v) is 3.23. The summed E-state index contributed by atoms with van der Waals surface area (Å²) in [5.74, 6) is 0.928. The first kappa shape index (κ1) is 15.1. The van der Waals surface area contributed by atoms with Crippen molar-refractivity contribution in [1.29, 1.82) is 0 Å². The van der Waals surface area contributed by atoms with Gasteiger partial charge in [-0.1, -0.05) is 12.1 Å². The summed E-state index contributed by atoms with van der Waals surface area (Å²) in [5, 5.41) is 11.2. The number of rotatable bonds is 5.